The first-order valence-electron chi connectivity index (χ1n) is 4.95. The molecule has 1 N–H and O–H groups in total. The van der Waals surface area contributed by atoms with Crippen LogP contribution in [0, 0.1) is 7.14 Å². The third kappa shape index (κ3) is 2.82. The lowest BCUT2D eigenvalue weighted by atomic mass is 9.98. The molecule has 1 aromatic carbocycles. The number of benzene rings is 1. The smallest absolute Gasteiger partial charge is 0.0321 e. The van der Waals surface area contributed by atoms with Crippen LogP contribution < -0.4 is 5.32 Å². The summed E-state index contributed by atoms with van der Waals surface area (Å²) in [5.74, 6) is 0. The van der Waals surface area contributed by atoms with Gasteiger partial charge >= 0.3 is 0 Å². The first-order chi connectivity index (χ1) is 6.75. The average molecular weight is 413 g/mol. The molecule has 0 spiro atoms. The van der Waals surface area contributed by atoms with Crippen molar-refractivity contribution in [1.29, 1.82) is 0 Å². The summed E-state index contributed by atoms with van der Waals surface area (Å²) in [5.41, 5.74) is 1.46. The molecule has 1 aliphatic heterocycles. The Morgan fingerprint density at radius 1 is 1.07 bits per heavy atom. The van der Waals surface area contributed by atoms with Gasteiger partial charge in [0.2, 0.25) is 0 Å². The maximum Gasteiger partial charge on any atom is 0.0321 e. The van der Waals surface area contributed by atoms with Crippen LogP contribution in [-0.2, 0) is 0 Å². The van der Waals surface area contributed by atoms with Crippen molar-refractivity contribution in [3.05, 3.63) is 30.9 Å². The molecule has 1 fully saturated rings. The molecular weight excluding hydrogens is 400 g/mol. The monoisotopic (exact) mass is 413 g/mol. The lowest BCUT2D eigenvalue weighted by Crippen LogP contribution is -2.26. The fourth-order valence-electron chi connectivity index (χ4n) is 1.91. The fourth-order valence-corrected chi connectivity index (χ4v) is 3.90. The predicted octanol–water partition coefficient (Wildman–Crippen LogP) is 3.71. The second-order valence-corrected chi connectivity index (χ2v) is 6.20. The Labute approximate surface area is 112 Å². The highest BCUT2D eigenvalue weighted by Crippen LogP contribution is 2.25. The van der Waals surface area contributed by atoms with Gasteiger partial charge in [0, 0.05) is 13.2 Å². The molecule has 14 heavy (non-hydrogen) atoms. The van der Waals surface area contributed by atoms with Gasteiger partial charge in [-0.2, -0.15) is 0 Å². The minimum atomic E-state index is 0.590. The van der Waals surface area contributed by atoms with Crippen molar-refractivity contribution in [3.63, 3.8) is 0 Å². The average Bonchev–Trinajstić information content (AvgIpc) is 2.18. The molecule has 0 unspecified atom stereocenters. The standard InChI is InChI=1S/C11H13I2N/c12-9-5-8(6-10(13)7-9)11-3-1-2-4-14-11/h5-7,11,14H,1-4H2/t11-/m1/s1. The van der Waals surface area contributed by atoms with Gasteiger partial charge in [-0.15, -0.1) is 0 Å². The second-order valence-electron chi connectivity index (χ2n) is 3.71. The summed E-state index contributed by atoms with van der Waals surface area (Å²) in [6, 6.07) is 7.40. The van der Waals surface area contributed by atoms with Crippen molar-refractivity contribution in [2.24, 2.45) is 0 Å². The van der Waals surface area contributed by atoms with Crippen LogP contribution in [0.1, 0.15) is 30.9 Å². The van der Waals surface area contributed by atoms with Crippen LogP contribution in [0.5, 0.6) is 0 Å². The quantitative estimate of drug-likeness (QED) is 0.693. The number of nitrogens with one attached hydrogen (secondary N) is 1. The van der Waals surface area contributed by atoms with Gasteiger partial charge in [-0.3, -0.25) is 0 Å². The Morgan fingerprint density at radius 3 is 2.36 bits per heavy atom. The summed E-state index contributed by atoms with van der Waals surface area (Å²) in [5, 5.41) is 3.58. The van der Waals surface area contributed by atoms with Crippen LogP contribution in [0.25, 0.3) is 0 Å². The van der Waals surface area contributed by atoms with Crippen molar-refractivity contribution in [2.45, 2.75) is 25.3 Å². The molecule has 0 radical (unpaired) electrons. The molecule has 1 atom stereocenters. The number of piperidine rings is 1. The zero-order valence-corrected chi connectivity index (χ0v) is 12.2. The Hall–Kier alpha value is 0.640. The maximum absolute atomic E-state index is 3.58. The molecule has 0 amide bonds. The number of halogens is 2. The Balaban J connectivity index is 2.21. The van der Waals surface area contributed by atoms with Crippen molar-refractivity contribution >= 4 is 45.2 Å². The first kappa shape index (κ1) is 11.1. The van der Waals surface area contributed by atoms with Gasteiger partial charge in [-0.1, -0.05) is 6.42 Å². The molecule has 1 saturated heterocycles. The Morgan fingerprint density at radius 2 is 1.79 bits per heavy atom. The number of rotatable bonds is 1. The van der Waals surface area contributed by atoms with Crippen LogP contribution >= 0.6 is 45.2 Å². The van der Waals surface area contributed by atoms with Gasteiger partial charge < -0.3 is 5.32 Å². The molecule has 0 saturated carbocycles. The third-order valence-corrected chi connectivity index (χ3v) is 3.84. The molecule has 1 heterocycles. The molecule has 1 aliphatic rings. The van der Waals surface area contributed by atoms with Crippen molar-refractivity contribution in [3.8, 4) is 0 Å². The van der Waals surface area contributed by atoms with Gasteiger partial charge in [0.25, 0.3) is 0 Å². The van der Waals surface area contributed by atoms with E-state index < -0.39 is 0 Å². The normalized spacial score (nSPS) is 22.3. The molecule has 1 nitrogen and oxygen atoms in total. The molecule has 2 rings (SSSR count). The number of hydrogen-bond donors (Lipinski definition) is 1. The highest BCUT2D eigenvalue weighted by Gasteiger charge is 2.14. The molecule has 3 heteroatoms. The summed E-state index contributed by atoms with van der Waals surface area (Å²) < 4.78 is 2.69. The molecule has 76 valence electrons. The maximum atomic E-state index is 3.58. The van der Waals surface area contributed by atoms with Crippen molar-refractivity contribution in [1.82, 2.24) is 5.32 Å². The van der Waals surface area contributed by atoms with Gasteiger partial charge in [-0.05, 0) is 88.3 Å². The van der Waals surface area contributed by atoms with Crippen LogP contribution in [0.2, 0.25) is 0 Å². The van der Waals surface area contributed by atoms with Gasteiger partial charge in [0.1, 0.15) is 0 Å². The predicted molar refractivity (Wildman–Crippen MR) is 76.5 cm³/mol. The van der Waals surface area contributed by atoms with E-state index in [0.29, 0.717) is 6.04 Å². The van der Waals surface area contributed by atoms with E-state index >= 15 is 0 Å². The molecule has 0 aromatic heterocycles. The zero-order valence-electron chi connectivity index (χ0n) is 7.89. The van der Waals surface area contributed by atoms with Crippen LogP contribution in [0.15, 0.2) is 18.2 Å². The minimum absolute atomic E-state index is 0.590. The largest absolute Gasteiger partial charge is 0.310 e. The molecule has 0 bridgehead atoms. The Kier molecular flexibility index (Phi) is 4.07. The van der Waals surface area contributed by atoms with E-state index in [1.54, 1.807) is 0 Å². The van der Waals surface area contributed by atoms with Gasteiger partial charge in [0.15, 0.2) is 0 Å². The first-order valence-corrected chi connectivity index (χ1v) is 7.11. The van der Waals surface area contributed by atoms with E-state index in [0.717, 1.165) is 0 Å². The van der Waals surface area contributed by atoms with E-state index in [1.807, 2.05) is 0 Å². The van der Waals surface area contributed by atoms with E-state index in [2.05, 4.69) is 68.7 Å². The van der Waals surface area contributed by atoms with E-state index in [9.17, 15) is 0 Å². The number of hydrogen-bond acceptors (Lipinski definition) is 1. The minimum Gasteiger partial charge on any atom is -0.310 e. The summed E-state index contributed by atoms with van der Waals surface area (Å²) in [7, 11) is 0. The molecular formula is C11H13I2N. The van der Waals surface area contributed by atoms with Gasteiger partial charge in [-0.25, -0.2) is 0 Å². The second kappa shape index (κ2) is 5.12. The van der Waals surface area contributed by atoms with E-state index in [1.165, 1.54) is 38.5 Å². The fraction of sp³-hybridized carbons (Fsp3) is 0.455. The summed E-state index contributed by atoms with van der Waals surface area (Å²) in [4.78, 5) is 0. The Bertz CT molecular complexity index is 299. The summed E-state index contributed by atoms with van der Waals surface area (Å²) in [6.45, 7) is 1.17. The van der Waals surface area contributed by atoms with Crippen LogP contribution in [0.4, 0.5) is 0 Å². The molecule has 1 aromatic rings. The van der Waals surface area contributed by atoms with Gasteiger partial charge in [0.05, 0.1) is 0 Å². The van der Waals surface area contributed by atoms with Crippen LogP contribution in [-0.4, -0.2) is 6.54 Å². The van der Waals surface area contributed by atoms with Crippen LogP contribution in [0.3, 0.4) is 0 Å². The SMILES string of the molecule is Ic1cc(I)cc([C@H]2CCCCN2)c1. The topological polar surface area (TPSA) is 12.0 Å². The van der Waals surface area contributed by atoms with Crippen molar-refractivity contribution in [2.75, 3.05) is 6.54 Å². The van der Waals surface area contributed by atoms with Crippen molar-refractivity contribution < 1.29 is 0 Å². The lowest BCUT2D eigenvalue weighted by molar-refractivity contribution is 0.412. The zero-order chi connectivity index (χ0) is 9.97. The highest BCUT2D eigenvalue weighted by atomic mass is 127. The van der Waals surface area contributed by atoms with E-state index in [-0.39, 0.29) is 0 Å². The highest BCUT2D eigenvalue weighted by molar-refractivity contribution is 14.1. The van der Waals surface area contributed by atoms with E-state index in [4.69, 9.17) is 0 Å². The molecule has 0 aliphatic carbocycles. The summed E-state index contributed by atoms with van der Waals surface area (Å²) >= 11 is 4.79. The summed E-state index contributed by atoms with van der Waals surface area (Å²) in [6.07, 6.45) is 3.98. The third-order valence-electron chi connectivity index (χ3n) is 2.60. The lowest BCUT2D eigenvalue weighted by Gasteiger charge is -2.24.